The number of nitrogens with zero attached hydrogens (tertiary/aromatic N) is 1. The lowest BCUT2D eigenvalue weighted by Gasteiger charge is -2.28. The fourth-order valence-electron chi connectivity index (χ4n) is 4.66. The summed E-state index contributed by atoms with van der Waals surface area (Å²) in [7, 11) is 2.19. The van der Waals surface area contributed by atoms with Crippen molar-refractivity contribution >= 4 is 27.2 Å². The van der Waals surface area contributed by atoms with E-state index in [4.69, 9.17) is 0 Å². The molecule has 1 heteroatoms. The maximum absolute atomic E-state index is 3.99. The predicted octanol–water partition coefficient (Wildman–Crippen LogP) is 8.10. The van der Waals surface area contributed by atoms with Crippen molar-refractivity contribution in [3.8, 4) is 11.1 Å². The van der Waals surface area contributed by atoms with Crippen LogP contribution >= 0.6 is 0 Å². The first kappa shape index (κ1) is 20.2. The second-order valence-corrected chi connectivity index (χ2v) is 8.36. The van der Waals surface area contributed by atoms with Gasteiger partial charge in [0.1, 0.15) is 0 Å². The van der Waals surface area contributed by atoms with E-state index >= 15 is 0 Å². The zero-order chi connectivity index (χ0) is 21.3. The second kappa shape index (κ2) is 8.36. The number of rotatable bonds is 6. The Kier molecular flexibility index (Phi) is 5.63. The molecule has 0 aliphatic heterocycles. The fourth-order valence-corrected chi connectivity index (χ4v) is 4.66. The quantitative estimate of drug-likeness (QED) is 0.236. The molecule has 1 unspecified atom stereocenters. The van der Waals surface area contributed by atoms with Gasteiger partial charge in [-0.1, -0.05) is 80.6 Å². The van der Waals surface area contributed by atoms with Crippen LogP contribution in [0.2, 0.25) is 0 Å². The van der Waals surface area contributed by atoms with E-state index < -0.39 is 0 Å². The number of likely N-dealkylation sites (N-methyl/N-ethyl adjacent to an activating group) is 1. The number of fused-ring (bicyclic) bond motifs is 3. The molecule has 0 fully saturated rings. The van der Waals surface area contributed by atoms with Gasteiger partial charge in [0.25, 0.3) is 0 Å². The molecule has 0 radical (unpaired) electrons. The van der Waals surface area contributed by atoms with Gasteiger partial charge in [0, 0.05) is 24.7 Å². The Balaban J connectivity index is 2.12. The Labute approximate surface area is 180 Å². The van der Waals surface area contributed by atoms with Crippen molar-refractivity contribution in [2.75, 3.05) is 18.5 Å². The first-order chi connectivity index (χ1) is 14.6. The normalized spacial score (nSPS) is 12.3. The molecule has 0 amide bonds. The van der Waals surface area contributed by atoms with Gasteiger partial charge >= 0.3 is 0 Å². The van der Waals surface area contributed by atoms with E-state index in [1.807, 2.05) is 6.08 Å². The Morgan fingerprint density at radius 1 is 0.900 bits per heavy atom. The molecule has 0 bridgehead atoms. The van der Waals surface area contributed by atoms with Crippen molar-refractivity contribution in [2.24, 2.45) is 0 Å². The van der Waals surface area contributed by atoms with Gasteiger partial charge in [-0.2, -0.15) is 0 Å². The minimum atomic E-state index is 0.484. The highest BCUT2D eigenvalue weighted by Gasteiger charge is 2.20. The number of anilines is 1. The van der Waals surface area contributed by atoms with Gasteiger partial charge in [0.15, 0.2) is 0 Å². The number of benzene rings is 4. The lowest BCUT2D eigenvalue weighted by atomic mass is 9.86. The third kappa shape index (κ3) is 3.39. The number of hydrogen-bond acceptors (Lipinski definition) is 1. The van der Waals surface area contributed by atoms with Crippen LogP contribution in [0.15, 0.2) is 79.4 Å². The summed E-state index contributed by atoms with van der Waals surface area (Å²) in [5, 5.41) is 5.36. The van der Waals surface area contributed by atoms with Crippen LogP contribution in [-0.4, -0.2) is 13.6 Å². The Bertz CT molecular complexity index is 1220. The van der Waals surface area contributed by atoms with Crippen LogP contribution in [0, 0.1) is 6.92 Å². The molecular formula is C29H31N. The summed E-state index contributed by atoms with van der Waals surface area (Å²) in [6.07, 6.45) is 3.11. The summed E-state index contributed by atoms with van der Waals surface area (Å²) >= 11 is 0. The molecule has 0 aliphatic carbocycles. The van der Waals surface area contributed by atoms with Crippen LogP contribution in [0.4, 0.5) is 5.69 Å². The van der Waals surface area contributed by atoms with Crippen LogP contribution in [0.25, 0.3) is 32.7 Å². The van der Waals surface area contributed by atoms with Gasteiger partial charge in [-0.15, -0.1) is 6.58 Å². The van der Waals surface area contributed by atoms with Crippen molar-refractivity contribution in [3.63, 3.8) is 0 Å². The van der Waals surface area contributed by atoms with Crippen molar-refractivity contribution in [1.29, 1.82) is 0 Å². The molecule has 152 valence electrons. The maximum Gasteiger partial charge on any atom is 0.0487 e. The van der Waals surface area contributed by atoms with E-state index in [9.17, 15) is 0 Å². The van der Waals surface area contributed by atoms with Crippen molar-refractivity contribution in [2.45, 2.75) is 33.1 Å². The highest BCUT2D eigenvalue weighted by Crippen LogP contribution is 2.44. The van der Waals surface area contributed by atoms with Gasteiger partial charge < -0.3 is 4.90 Å². The molecule has 0 saturated carbocycles. The SMILES string of the molecule is C=CCN(C)c1c(C(C)CC)c2ccccc2c2cc(-c3ccccc3C)ccc12. The average molecular weight is 394 g/mol. The lowest BCUT2D eigenvalue weighted by Crippen LogP contribution is -2.19. The standard InChI is InChI=1S/C29H31N/c1-6-18-30(5)29-26-17-16-22(23-13-9-8-12-21(23)4)19-27(26)24-14-10-11-15-25(24)28(29)20(3)7-2/h6,8-17,19-20H,1,7,18H2,2-5H3. The molecule has 0 spiro atoms. The van der Waals surface area contributed by atoms with Gasteiger partial charge in [-0.3, -0.25) is 0 Å². The first-order valence-corrected chi connectivity index (χ1v) is 10.9. The summed E-state index contributed by atoms with van der Waals surface area (Å²) in [4.78, 5) is 2.36. The number of aryl methyl sites for hydroxylation is 1. The third-order valence-electron chi connectivity index (χ3n) is 6.38. The Morgan fingerprint density at radius 3 is 2.30 bits per heavy atom. The molecule has 0 N–H and O–H groups in total. The van der Waals surface area contributed by atoms with E-state index in [-0.39, 0.29) is 0 Å². The average Bonchev–Trinajstić information content (AvgIpc) is 2.77. The van der Waals surface area contributed by atoms with Crippen LogP contribution in [0.3, 0.4) is 0 Å². The fraction of sp³-hybridized carbons (Fsp3) is 0.241. The zero-order valence-corrected chi connectivity index (χ0v) is 18.6. The second-order valence-electron chi connectivity index (χ2n) is 8.36. The monoisotopic (exact) mass is 393 g/mol. The zero-order valence-electron chi connectivity index (χ0n) is 18.6. The van der Waals surface area contributed by atoms with Crippen molar-refractivity contribution < 1.29 is 0 Å². The van der Waals surface area contributed by atoms with Gasteiger partial charge in [0.05, 0.1) is 0 Å². The summed E-state index contributed by atoms with van der Waals surface area (Å²) in [5.41, 5.74) is 6.68. The van der Waals surface area contributed by atoms with Crippen LogP contribution in [0.5, 0.6) is 0 Å². The molecule has 4 rings (SSSR count). The smallest absolute Gasteiger partial charge is 0.0487 e. The minimum absolute atomic E-state index is 0.484. The summed E-state index contributed by atoms with van der Waals surface area (Å²) in [5.74, 6) is 0.484. The van der Waals surface area contributed by atoms with Crippen LogP contribution in [-0.2, 0) is 0 Å². The van der Waals surface area contributed by atoms with Crippen LogP contribution in [0.1, 0.15) is 37.3 Å². The summed E-state index contributed by atoms with van der Waals surface area (Å²) < 4.78 is 0. The maximum atomic E-state index is 3.99. The van der Waals surface area contributed by atoms with Gasteiger partial charge in [-0.25, -0.2) is 0 Å². The van der Waals surface area contributed by atoms with Crippen molar-refractivity contribution in [3.05, 3.63) is 90.5 Å². The Morgan fingerprint density at radius 2 is 1.60 bits per heavy atom. The molecule has 1 nitrogen and oxygen atoms in total. The largest absolute Gasteiger partial charge is 0.370 e. The summed E-state index contributed by atoms with van der Waals surface area (Å²) in [6.45, 7) is 11.6. The van der Waals surface area contributed by atoms with Crippen molar-refractivity contribution in [1.82, 2.24) is 0 Å². The molecule has 0 aromatic heterocycles. The molecule has 4 aromatic rings. The first-order valence-electron chi connectivity index (χ1n) is 10.9. The highest BCUT2D eigenvalue weighted by molar-refractivity contribution is 6.16. The van der Waals surface area contributed by atoms with Gasteiger partial charge in [-0.05, 0) is 63.7 Å². The van der Waals surface area contributed by atoms with E-state index in [2.05, 4.69) is 106 Å². The topological polar surface area (TPSA) is 3.24 Å². The van der Waals surface area contributed by atoms with E-state index in [0.717, 1.165) is 13.0 Å². The molecule has 0 saturated heterocycles. The number of hydrogen-bond donors (Lipinski definition) is 0. The predicted molar refractivity (Wildman–Crippen MR) is 134 cm³/mol. The van der Waals surface area contributed by atoms with E-state index in [1.54, 1.807) is 0 Å². The molecule has 0 heterocycles. The minimum Gasteiger partial charge on any atom is -0.370 e. The molecule has 30 heavy (non-hydrogen) atoms. The molecule has 4 aromatic carbocycles. The van der Waals surface area contributed by atoms with Gasteiger partial charge in [0.2, 0.25) is 0 Å². The Hall–Kier alpha value is -3.06. The van der Waals surface area contributed by atoms with E-state index in [1.165, 1.54) is 49.5 Å². The molecule has 0 aliphatic rings. The molecular weight excluding hydrogens is 362 g/mol. The highest BCUT2D eigenvalue weighted by atomic mass is 15.1. The molecule has 1 atom stereocenters. The van der Waals surface area contributed by atoms with Crippen LogP contribution < -0.4 is 4.90 Å². The lowest BCUT2D eigenvalue weighted by molar-refractivity contribution is 0.737. The third-order valence-corrected chi connectivity index (χ3v) is 6.38. The summed E-state index contributed by atoms with van der Waals surface area (Å²) in [6, 6.07) is 24.5. The van der Waals surface area contributed by atoms with E-state index in [0.29, 0.717) is 5.92 Å².